The molecule has 3 nitrogen and oxygen atoms in total. The summed E-state index contributed by atoms with van der Waals surface area (Å²) in [5.41, 5.74) is 1.07. The minimum absolute atomic E-state index is 0.119. The molecule has 2 aromatic carbocycles. The SMILES string of the molecule is N#CC(C#N)=c1[nH]c2cccc3cccc1c32. The molecule has 0 radical (unpaired) electrons. The molecule has 3 aromatic rings. The maximum Gasteiger partial charge on any atom is 0.153 e. The minimum atomic E-state index is 0.119. The van der Waals surface area contributed by atoms with Gasteiger partial charge in [-0.15, -0.1) is 0 Å². The number of benzene rings is 2. The summed E-state index contributed by atoms with van der Waals surface area (Å²) in [4.78, 5) is 3.14. The lowest BCUT2D eigenvalue weighted by molar-refractivity contribution is 1.38. The van der Waals surface area contributed by atoms with Gasteiger partial charge in [-0.3, -0.25) is 0 Å². The predicted molar refractivity (Wildman–Crippen MR) is 65.7 cm³/mol. The topological polar surface area (TPSA) is 63.4 Å². The number of hydrogen-bond donors (Lipinski definition) is 1. The molecule has 1 aromatic heterocycles. The molecule has 0 saturated carbocycles. The van der Waals surface area contributed by atoms with Gasteiger partial charge in [0, 0.05) is 16.3 Å². The molecule has 0 bridgehead atoms. The van der Waals surface area contributed by atoms with Gasteiger partial charge in [-0.2, -0.15) is 10.5 Å². The molecule has 0 amide bonds. The first-order chi connectivity index (χ1) is 8.35. The fourth-order valence-electron chi connectivity index (χ4n) is 2.19. The van der Waals surface area contributed by atoms with E-state index in [1.807, 2.05) is 48.5 Å². The van der Waals surface area contributed by atoms with E-state index in [0.717, 1.165) is 21.7 Å². The summed E-state index contributed by atoms with van der Waals surface area (Å²) < 4.78 is 0. The van der Waals surface area contributed by atoms with Gasteiger partial charge in [0.15, 0.2) is 5.57 Å². The van der Waals surface area contributed by atoms with Crippen molar-refractivity contribution in [3.05, 3.63) is 41.7 Å². The van der Waals surface area contributed by atoms with Crippen LogP contribution in [0.2, 0.25) is 0 Å². The first-order valence-electron chi connectivity index (χ1n) is 5.19. The highest BCUT2D eigenvalue weighted by molar-refractivity contribution is 6.10. The Labute approximate surface area is 97.2 Å². The molecule has 0 unspecified atom stereocenters. The number of nitrogens with one attached hydrogen (secondary N) is 1. The fraction of sp³-hybridized carbons (Fsp3) is 0. The van der Waals surface area contributed by atoms with Crippen LogP contribution in [0.25, 0.3) is 27.2 Å². The van der Waals surface area contributed by atoms with Crippen molar-refractivity contribution in [2.75, 3.05) is 0 Å². The van der Waals surface area contributed by atoms with Crippen LogP contribution in [0.4, 0.5) is 0 Å². The van der Waals surface area contributed by atoms with Crippen LogP contribution in [-0.4, -0.2) is 4.98 Å². The second kappa shape index (κ2) is 3.37. The number of nitriles is 2. The first-order valence-corrected chi connectivity index (χ1v) is 5.19. The predicted octanol–water partition coefficient (Wildman–Crippen LogP) is 2.24. The quantitative estimate of drug-likeness (QED) is 0.627. The zero-order valence-corrected chi connectivity index (χ0v) is 8.86. The van der Waals surface area contributed by atoms with E-state index in [4.69, 9.17) is 10.5 Å². The van der Waals surface area contributed by atoms with Crippen molar-refractivity contribution in [3.63, 3.8) is 0 Å². The van der Waals surface area contributed by atoms with Crippen LogP contribution in [-0.2, 0) is 0 Å². The molecule has 17 heavy (non-hydrogen) atoms. The summed E-state index contributed by atoms with van der Waals surface area (Å²) >= 11 is 0. The summed E-state index contributed by atoms with van der Waals surface area (Å²) in [6.07, 6.45) is 0. The molecule has 1 N–H and O–H groups in total. The van der Waals surface area contributed by atoms with Crippen LogP contribution in [0.1, 0.15) is 0 Å². The van der Waals surface area contributed by atoms with E-state index >= 15 is 0 Å². The molecule has 1 heterocycles. The van der Waals surface area contributed by atoms with Gasteiger partial charge < -0.3 is 4.98 Å². The Morgan fingerprint density at radius 3 is 2.41 bits per heavy atom. The highest BCUT2D eigenvalue weighted by Gasteiger charge is 2.07. The van der Waals surface area contributed by atoms with E-state index in [9.17, 15) is 0 Å². The van der Waals surface area contributed by atoms with Crippen LogP contribution in [0.5, 0.6) is 0 Å². The van der Waals surface area contributed by atoms with E-state index in [2.05, 4.69) is 4.98 Å². The summed E-state index contributed by atoms with van der Waals surface area (Å²) in [7, 11) is 0. The molecule has 0 atom stereocenters. The van der Waals surface area contributed by atoms with Gasteiger partial charge in [0.2, 0.25) is 0 Å². The summed E-state index contributed by atoms with van der Waals surface area (Å²) in [6, 6.07) is 15.7. The smallest absolute Gasteiger partial charge is 0.153 e. The second-order valence-corrected chi connectivity index (χ2v) is 3.81. The molecule has 0 spiro atoms. The molecule has 0 aliphatic carbocycles. The van der Waals surface area contributed by atoms with Crippen molar-refractivity contribution in [1.29, 1.82) is 10.5 Å². The van der Waals surface area contributed by atoms with Crippen molar-refractivity contribution in [2.45, 2.75) is 0 Å². The third kappa shape index (κ3) is 1.20. The second-order valence-electron chi connectivity index (χ2n) is 3.81. The third-order valence-corrected chi connectivity index (χ3v) is 2.91. The fourth-order valence-corrected chi connectivity index (χ4v) is 2.19. The van der Waals surface area contributed by atoms with E-state index in [-0.39, 0.29) is 5.57 Å². The van der Waals surface area contributed by atoms with Gasteiger partial charge >= 0.3 is 0 Å². The largest absolute Gasteiger partial charge is 0.353 e. The molecule has 0 saturated heterocycles. The van der Waals surface area contributed by atoms with Crippen molar-refractivity contribution < 1.29 is 0 Å². The highest BCUT2D eigenvalue weighted by atomic mass is 14.7. The standard InChI is InChI=1S/C14H7N3/c15-7-10(8-16)14-11-5-1-3-9-4-2-6-12(17-14)13(9)11/h1-6,17H. The van der Waals surface area contributed by atoms with E-state index < -0.39 is 0 Å². The number of aromatic amines is 1. The Balaban J connectivity index is 2.70. The number of nitrogens with zero attached hydrogens (tertiary/aromatic N) is 2. The molecule has 78 valence electrons. The maximum absolute atomic E-state index is 8.95. The summed E-state index contributed by atoms with van der Waals surface area (Å²) in [6.45, 7) is 0. The Hall–Kier alpha value is -2.78. The average Bonchev–Trinajstić information content (AvgIpc) is 2.73. The van der Waals surface area contributed by atoms with Gasteiger partial charge in [-0.25, -0.2) is 0 Å². The number of hydrogen-bond acceptors (Lipinski definition) is 2. The number of rotatable bonds is 0. The lowest BCUT2D eigenvalue weighted by Crippen LogP contribution is -2.05. The van der Waals surface area contributed by atoms with Crippen LogP contribution >= 0.6 is 0 Å². The molecule has 0 aliphatic rings. The molecule has 0 fully saturated rings. The Morgan fingerprint density at radius 1 is 1.00 bits per heavy atom. The Bertz CT molecular complexity index is 835. The van der Waals surface area contributed by atoms with Crippen molar-refractivity contribution in [3.8, 4) is 12.1 Å². The van der Waals surface area contributed by atoms with Crippen molar-refractivity contribution in [1.82, 2.24) is 4.98 Å². The van der Waals surface area contributed by atoms with Gasteiger partial charge in [0.1, 0.15) is 12.1 Å². The van der Waals surface area contributed by atoms with Gasteiger partial charge in [-0.05, 0) is 11.5 Å². The average molecular weight is 217 g/mol. The summed E-state index contributed by atoms with van der Waals surface area (Å²) in [5.74, 6) is 0. The van der Waals surface area contributed by atoms with E-state index in [1.54, 1.807) is 0 Å². The maximum atomic E-state index is 8.95. The molecule has 3 rings (SSSR count). The monoisotopic (exact) mass is 217 g/mol. The molecular formula is C14H7N3. The highest BCUT2D eigenvalue weighted by Crippen LogP contribution is 2.23. The zero-order valence-electron chi connectivity index (χ0n) is 8.86. The Kier molecular flexibility index (Phi) is 1.87. The van der Waals surface area contributed by atoms with Gasteiger partial charge in [0.05, 0.1) is 5.35 Å². The van der Waals surface area contributed by atoms with Crippen LogP contribution < -0.4 is 5.35 Å². The van der Waals surface area contributed by atoms with E-state index in [1.165, 1.54) is 0 Å². The lowest BCUT2D eigenvalue weighted by Gasteiger charge is -1.95. The van der Waals surface area contributed by atoms with Gasteiger partial charge in [0.25, 0.3) is 0 Å². The normalized spacial score (nSPS) is 10.2. The molecule has 3 heteroatoms. The zero-order chi connectivity index (χ0) is 11.8. The lowest BCUT2D eigenvalue weighted by atomic mass is 10.1. The van der Waals surface area contributed by atoms with Crippen molar-refractivity contribution >= 4 is 27.2 Å². The van der Waals surface area contributed by atoms with Gasteiger partial charge in [-0.1, -0.05) is 30.3 Å². The molecule has 0 aliphatic heterocycles. The van der Waals surface area contributed by atoms with E-state index in [0.29, 0.717) is 5.35 Å². The van der Waals surface area contributed by atoms with Crippen LogP contribution in [0.3, 0.4) is 0 Å². The van der Waals surface area contributed by atoms with Crippen LogP contribution in [0, 0.1) is 22.7 Å². The van der Waals surface area contributed by atoms with Crippen molar-refractivity contribution in [2.24, 2.45) is 0 Å². The summed E-state index contributed by atoms with van der Waals surface area (Å²) in [5, 5.41) is 21.6. The minimum Gasteiger partial charge on any atom is -0.353 e. The third-order valence-electron chi connectivity index (χ3n) is 2.91. The molecular weight excluding hydrogens is 210 g/mol. The number of aromatic nitrogens is 1. The Morgan fingerprint density at radius 2 is 1.71 bits per heavy atom. The van der Waals surface area contributed by atoms with Crippen LogP contribution in [0.15, 0.2) is 36.4 Å². The first kappa shape index (κ1) is 9.45. The number of H-pyrrole nitrogens is 1.